The molecule has 0 spiro atoms. The highest BCUT2D eigenvalue weighted by Crippen LogP contribution is 2.42. The maximum Gasteiger partial charge on any atom is 0.308 e. The molecule has 0 aliphatic carbocycles. The van der Waals surface area contributed by atoms with E-state index < -0.39 is 0 Å². The number of H-pyrrole nitrogens is 1. The van der Waals surface area contributed by atoms with E-state index in [0.29, 0.717) is 5.82 Å². The molecule has 0 atom stereocenters. The van der Waals surface area contributed by atoms with Crippen LogP contribution in [0, 0.1) is 0 Å². The summed E-state index contributed by atoms with van der Waals surface area (Å²) in [4.78, 5) is 14.1. The first kappa shape index (κ1) is 36.3. The van der Waals surface area contributed by atoms with E-state index in [0.717, 1.165) is 39.5 Å². The minimum atomic E-state index is 0.674. The first-order valence-electron chi connectivity index (χ1n) is 20.6. The first-order valence-corrected chi connectivity index (χ1v) is 21.4. The van der Waals surface area contributed by atoms with Crippen molar-refractivity contribution < 1.29 is 4.98 Å². The lowest BCUT2D eigenvalue weighted by Crippen LogP contribution is -2.17. The molecular formula is C57H38N3S+. The third kappa shape index (κ3) is 7.09. The SMILES string of the molecule is c1ccc(-c2cccc(-c3nc(-c4ccccc4)[nH+]c(-c4cccc5sc6ccc(-c7ccc(-c8ccc(-c9ccccc9)cc8-c8ccccc8)cc7)cc6c45)n3)c2)cc1. The van der Waals surface area contributed by atoms with E-state index in [-0.39, 0.29) is 0 Å². The number of nitrogens with one attached hydrogen (secondary N) is 1. The second kappa shape index (κ2) is 15.8. The summed E-state index contributed by atoms with van der Waals surface area (Å²) in [5.41, 5.74) is 14.9. The molecule has 0 saturated heterocycles. The van der Waals surface area contributed by atoms with Gasteiger partial charge in [0.15, 0.2) is 0 Å². The molecule has 0 radical (unpaired) electrons. The predicted molar refractivity (Wildman–Crippen MR) is 255 cm³/mol. The maximum atomic E-state index is 5.28. The number of hydrogen-bond donors (Lipinski definition) is 0. The van der Waals surface area contributed by atoms with Crippen LogP contribution >= 0.6 is 11.3 Å². The number of aromatic nitrogens is 3. The Balaban J connectivity index is 1.00. The Morgan fingerprint density at radius 1 is 0.295 bits per heavy atom. The van der Waals surface area contributed by atoms with E-state index in [9.17, 15) is 0 Å². The molecule has 0 aliphatic rings. The van der Waals surface area contributed by atoms with Crippen LogP contribution in [-0.4, -0.2) is 9.97 Å². The Kier molecular flexibility index (Phi) is 9.38. The van der Waals surface area contributed by atoms with Crippen LogP contribution < -0.4 is 4.98 Å². The third-order valence-corrected chi connectivity index (χ3v) is 12.6. The number of nitrogens with zero attached hydrogens (tertiary/aromatic N) is 2. The van der Waals surface area contributed by atoms with Crippen LogP contribution in [0.2, 0.25) is 0 Å². The van der Waals surface area contributed by atoms with Crippen molar-refractivity contribution in [3.8, 4) is 89.8 Å². The molecule has 9 aromatic carbocycles. The monoisotopic (exact) mass is 796 g/mol. The second-order valence-corrected chi connectivity index (χ2v) is 16.3. The molecule has 2 heterocycles. The summed E-state index contributed by atoms with van der Waals surface area (Å²) >= 11 is 1.82. The lowest BCUT2D eigenvalue weighted by atomic mass is 9.90. The zero-order valence-corrected chi connectivity index (χ0v) is 34.0. The lowest BCUT2D eigenvalue weighted by Gasteiger charge is -2.14. The summed E-state index contributed by atoms with van der Waals surface area (Å²) in [6.45, 7) is 0. The normalized spacial score (nSPS) is 11.3. The Morgan fingerprint density at radius 3 is 1.49 bits per heavy atom. The molecule has 4 heteroatoms. The van der Waals surface area contributed by atoms with Gasteiger partial charge in [0.05, 0.1) is 16.7 Å². The predicted octanol–water partition coefficient (Wildman–Crippen LogP) is 15.0. The van der Waals surface area contributed by atoms with Crippen LogP contribution in [-0.2, 0) is 0 Å². The highest BCUT2D eigenvalue weighted by molar-refractivity contribution is 7.26. The number of benzene rings is 9. The number of hydrogen-bond acceptors (Lipinski definition) is 3. The second-order valence-electron chi connectivity index (χ2n) is 15.2. The largest absolute Gasteiger partial charge is 0.308 e. The summed E-state index contributed by atoms with van der Waals surface area (Å²) in [7, 11) is 0. The summed E-state index contributed by atoms with van der Waals surface area (Å²) < 4.78 is 2.45. The standard InChI is InChI=1S/C57H37N3S/c1-5-15-38(16-6-1)44-23-13-24-47(35-44)56-58-55(43-21-11-4-12-22-43)59-57(60-56)49-25-14-26-53-54(49)51-37-46(32-34-52(51)61-53)40-27-29-42(30-28-40)48-33-31-45(39-17-7-2-8-18-39)36-50(48)41-19-9-3-10-20-41/h1-37H/p+1. The molecule has 0 unspecified atom stereocenters. The molecule has 3 nitrogen and oxygen atoms in total. The smallest absolute Gasteiger partial charge is 0.240 e. The van der Waals surface area contributed by atoms with Crippen LogP contribution in [0.25, 0.3) is 110 Å². The van der Waals surface area contributed by atoms with Gasteiger partial charge in [0.2, 0.25) is 0 Å². The number of thiophene rings is 1. The number of aromatic amines is 1. The molecular weight excluding hydrogens is 759 g/mol. The van der Waals surface area contributed by atoms with E-state index in [2.05, 4.69) is 205 Å². The average molecular weight is 797 g/mol. The maximum absolute atomic E-state index is 5.28. The van der Waals surface area contributed by atoms with Gasteiger partial charge in [0.1, 0.15) is 0 Å². The molecule has 0 bridgehead atoms. The van der Waals surface area contributed by atoms with Crippen molar-refractivity contribution in [2.45, 2.75) is 0 Å². The molecule has 61 heavy (non-hydrogen) atoms. The number of fused-ring (bicyclic) bond motifs is 3. The fourth-order valence-corrected chi connectivity index (χ4v) is 9.48. The zero-order chi connectivity index (χ0) is 40.5. The molecule has 0 aliphatic heterocycles. The van der Waals surface area contributed by atoms with E-state index in [1.165, 1.54) is 64.7 Å². The van der Waals surface area contributed by atoms with Crippen molar-refractivity contribution in [2.75, 3.05) is 0 Å². The fraction of sp³-hybridized carbons (Fsp3) is 0. The minimum Gasteiger partial charge on any atom is -0.240 e. The summed E-state index contributed by atoms with van der Waals surface area (Å²) in [6.07, 6.45) is 0. The van der Waals surface area contributed by atoms with Gasteiger partial charge in [0.25, 0.3) is 11.6 Å². The van der Waals surface area contributed by atoms with Gasteiger partial charge in [-0.2, -0.15) is 0 Å². The van der Waals surface area contributed by atoms with E-state index in [1.807, 2.05) is 35.6 Å². The Morgan fingerprint density at radius 2 is 0.787 bits per heavy atom. The van der Waals surface area contributed by atoms with Gasteiger partial charge >= 0.3 is 5.82 Å². The van der Waals surface area contributed by atoms with Crippen molar-refractivity contribution in [3.63, 3.8) is 0 Å². The van der Waals surface area contributed by atoms with Crippen molar-refractivity contribution in [3.05, 3.63) is 224 Å². The molecule has 286 valence electrons. The Labute approximate surface area is 359 Å². The van der Waals surface area contributed by atoms with Gasteiger partial charge in [-0.25, -0.2) is 4.98 Å². The molecule has 11 aromatic rings. The van der Waals surface area contributed by atoms with Crippen molar-refractivity contribution in [1.82, 2.24) is 9.97 Å². The fourth-order valence-electron chi connectivity index (χ4n) is 8.37. The number of rotatable bonds is 8. The van der Waals surface area contributed by atoms with Crippen molar-refractivity contribution >= 4 is 31.5 Å². The minimum absolute atomic E-state index is 0.674. The summed E-state index contributed by atoms with van der Waals surface area (Å²) in [5.74, 6) is 2.22. The van der Waals surface area contributed by atoms with Crippen LogP contribution in [0.4, 0.5) is 0 Å². The van der Waals surface area contributed by atoms with Crippen LogP contribution in [0.5, 0.6) is 0 Å². The van der Waals surface area contributed by atoms with Crippen LogP contribution in [0.1, 0.15) is 0 Å². The zero-order valence-electron chi connectivity index (χ0n) is 33.2. The first-order chi connectivity index (χ1) is 30.2. The molecule has 0 fully saturated rings. The van der Waals surface area contributed by atoms with E-state index in [4.69, 9.17) is 9.97 Å². The highest BCUT2D eigenvalue weighted by Gasteiger charge is 2.23. The summed E-state index contributed by atoms with van der Waals surface area (Å²) in [6, 6.07) is 79.8. The van der Waals surface area contributed by atoms with Crippen LogP contribution in [0.15, 0.2) is 224 Å². The molecule has 0 amide bonds. The lowest BCUT2D eigenvalue weighted by molar-refractivity contribution is -0.359. The molecule has 11 rings (SSSR count). The summed E-state index contributed by atoms with van der Waals surface area (Å²) in [5, 5.41) is 2.39. The third-order valence-electron chi connectivity index (χ3n) is 11.4. The van der Waals surface area contributed by atoms with Gasteiger partial charge in [-0.1, -0.05) is 180 Å². The van der Waals surface area contributed by atoms with Gasteiger partial charge in [0, 0.05) is 20.2 Å². The van der Waals surface area contributed by atoms with Gasteiger partial charge in [-0.3, -0.25) is 0 Å². The highest BCUT2D eigenvalue weighted by atomic mass is 32.1. The van der Waals surface area contributed by atoms with Gasteiger partial charge in [-0.05, 0) is 110 Å². The van der Waals surface area contributed by atoms with Gasteiger partial charge < -0.3 is 0 Å². The Bertz CT molecular complexity index is 3320. The average Bonchev–Trinajstić information content (AvgIpc) is 3.73. The molecule has 0 saturated carbocycles. The van der Waals surface area contributed by atoms with Gasteiger partial charge in [-0.15, -0.1) is 11.3 Å². The molecule has 1 N–H and O–H groups in total. The van der Waals surface area contributed by atoms with E-state index >= 15 is 0 Å². The van der Waals surface area contributed by atoms with E-state index in [1.54, 1.807) is 0 Å². The topological polar surface area (TPSA) is 39.9 Å². The van der Waals surface area contributed by atoms with Crippen molar-refractivity contribution in [1.29, 1.82) is 0 Å². The van der Waals surface area contributed by atoms with Crippen LogP contribution in [0.3, 0.4) is 0 Å². The quantitative estimate of drug-likeness (QED) is 0.154. The Hall–Kier alpha value is -7.79. The molecule has 2 aromatic heterocycles. The van der Waals surface area contributed by atoms with Crippen molar-refractivity contribution in [2.24, 2.45) is 0 Å².